The maximum Gasteiger partial charge on any atom is 0.303 e. The van der Waals surface area contributed by atoms with E-state index in [9.17, 15) is 14.7 Å². The van der Waals surface area contributed by atoms with Crippen LogP contribution in [0.25, 0.3) is 0 Å². The summed E-state index contributed by atoms with van der Waals surface area (Å²) < 4.78 is 0. The molecule has 0 aromatic heterocycles. The van der Waals surface area contributed by atoms with Gasteiger partial charge in [-0.05, 0) is 68.6 Å². The number of amides is 1. The van der Waals surface area contributed by atoms with E-state index in [1.807, 2.05) is 41.3 Å². The van der Waals surface area contributed by atoms with Crippen LogP contribution in [-0.4, -0.2) is 106 Å². The molecule has 2 saturated heterocycles. The summed E-state index contributed by atoms with van der Waals surface area (Å²) in [6, 6.07) is 16.0. The molecule has 0 bridgehead atoms. The fourth-order valence-electron chi connectivity index (χ4n) is 6.09. The van der Waals surface area contributed by atoms with E-state index >= 15 is 0 Å². The molecule has 1 amide bonds. The third kappa shape index (κ3) is 7.50. The van der Waals surface area contributed by atoms with Gasteiger partial charge in [-0.15, -0.1) is 6.58 Å². The van der Waals surface area contributed by atoms with Crippen LogP contribution in [0.5, 0.6) is 5.75 Å². The van der Waals surface area contributed by atoms with Crippen LogP contribution in [0.2, 0.25) is 0 Å². The lowest BCUT2D eigenvalue weighted by Crippen LogP contribution is -2.57. The monoisotopic (exact) mass is 548 g/mol. The van der Waals surface area contributed by atoms with Gasteiger partial charge in [0.25, 0.3) is 5.91 Å². The molecule has 8 nitrogen and oxygen atoms in total. The molecule has 3 atom stereocenters. The largest absolute Gasteiger partial charge is 0.508 e. The first-order chi connectivity index (χ1) is 19.3. The molecule has 0 aliphatic carbocycles. The quantitative estimate of drug-likeness (QED) is 0.323. The van der Waals surface area contributed by atoms with Gasteiger partial charge in [-0.1, -0.05) is 30.3 Å². The van der Waals surface area contributed by atoms with Crippen molar-refractivity contribution in [3.05, 3.63) is 77.9 Å². The molecule has 0 saturated carbocycles. The minimum Gasteiger partial charge on any atom is -0.508 e. The number of piperazine rings is 2. The van der Waals surface area contributed by atoms with Crippen molar-refractivity contribution in [3.63, 3.8) is 0 Å². The predicted octanol–water partition coefficient (Wildman–Crippen LogP) is 4.07. The molecular weight excluding hydrogens is 504 g/mol. The number of nitrogens with zero attached hydrogens (tertiary/aromatic N) is 4. The lowest BCUT2D eigenvalue weighted by Gasteiger charge is -2.47. The number of rotatable bonds is 11. The minimum absolute atomic E-state index is 0.0410. The number of carboxylic acids is 1. The summed E-state index contributed by atoms with van der Waals surface area (Å²) >= 11 is 0. The van der Waals surface area contributed by atoms with Gasteiger partial charge in [0, 0.05) is 69.9 Å². The molecule has 0 spiro atoms. The Morgan fingerprint density at radius 3 is 2.35 bits per heavy atom. The average Bonchev–Trinajstić information content (AvgIpc) is 2.94. The summed E-state index contributed by atoms with van der Waals surface area (Å²) in [6.07, 6.45) is 3.71. The number of aromatic hydroxyl groups is 1. The lowest BCUT2D eigenvalue weighted by atomic mass is 9.92. The number of carbonyl (C=O) groups is 2. The molecule has 2 aliphatic rings. The smallest absolute Gasteiger partial charge is 0.303 e. The number of carbonyl (C=O) groups excluding carboxylic acids is 1. The molecular formula is C32H44N4O4. The molecule has 2 heterocycles. The average molecular weight is 549 g/mol. The number of hydrogen-bond donors (Lipinski definition) is 2. The molecule has 2 fully saturated rings. The van der Waals surface area contributed by atoms with Gasteiger partial charge < -0.3 is 15.1 Å². The van der Waals surface area contributed by atoms with E-state index in [0.29, 0.717) is 31.1 Å². The molecule has 2 aromatic carbocycles. The van der Waals surface area contributed by atoms with E-state index in [-0.39, 0.29) is 30.2 Å². The SMILES string of the molecule is C=CCN1CC(C)N([C@@H](c2cccc(O)c2)c2cccc(C(=O)N3CCN(CCCCC(=O)O)CC3)c2)C[C@H]1C. The van der Waals surface area contributed by atoms with Gasteiger partial charge in [0.05, 0.1) is 6.04 Å². The second-order valence-corrected chi connectivity index (χ2v) is 11.2. The lowest BCUT2D eigenvalue weighted by molar-refractivity contribution is -0.137. The zero-order chi connectivity index (χ0) is 28.6. The van der Waals surface area contributed by atoms with E-state index in [0.717, 1.165) is 56.8 Å². The van der Waals surface area contributed by atoms with Crippen LogP contribution in [-0.2, 0) is 4.79 Å². The number of carboxylic acid groups (broad SMARTS) is 1. The van der Waals surface area contributed by atoms with E-state index in [1.165, 1.54) is 0 Å². The Morgan fingerprint density at radius 1 is 0.975 bits per heavy atom. The fourth-order valence-corrected chi connectivity index (χ4v) is 6.09. The maximum atomic E-state index is 13.6. The van der Waals surface area contributed by atoms with Crippen molar-refractivity contribution in [3.8, 4) is 5.75 Å². The third-order valence-electron chi connectivity index (χ3n) is 8.27. The molecule has 40 heavy (non-hydrogen) atoms. The first-order valence-electron chi connectivity index (χ1n) is 14.5. The highest BCUT2D eigenvalue weighted by atomic mass is 16.4. The highest BCUT2D eigenvalue weighted by Crippen LogP contribution is 2.35. The number of benzene rings is 2. The Labute approximate surface area is 238 Å². The zero-order valence-electron chi connectivity index (χ0n) is 23.9. The van der Waals surface area contributed by atoms with Crippen LogP contribution in [0.15, 0.2) is 61.2 Å². The Morgan fingerprint density at radius 2 is 1.68 bits per heavy atom. The predicted molar refractivity (Wildman–Crippen MR) is 158 cm³/mol. The fraction of sp³-hybridized carbons (Fsp3) is 0.500. The standard InChI is InChI=1S/C32H44N4O4/c1-4-14-35-22-25(3)36(23-24(35)2)31(27-10-8-12-29(37)21-27)26-9-7-11-28(20-26)32(40)34-18-16-33(17-19-34)15-6-5-13-30(38)39/h4,7-12,20-21,24-25,31,37H,1,5-6,13-19,22-23H2,2-3H3,(H,38,39)/t24-,25?,31-/m1/s1. The topological polar surface area (TPSA) is 87.6 Å². The summed E-state index contributed by atoms with van der Waals surface area (Å²) in [5.74, 6) is -0.469. The van der Waals surface area contributed by atoms with Crippen molar-refractivity contribution in [2.24, 2.45) is 0 Å². The normalized spacial score (nSPS) is 21.7. The first kappa shape index (κ1) is 29.8. The summed E-state index contributed by atoms with van der Waals surface area (Å²) in [4.78, 5) is 33.5. The zero-order valence-corrected chi connectivity index (χ0v) is 23.9. The number of aliphatic carboxylic acids is 1. The van der Waals surface area contributed by atoms with Gasteiger partial charge in [0.2, 0.25) is 0 Å². The van der Waals surface area contributed by atoms with Crippen molar-refractivity contribution in [2.75, 3.05) is 52.4 Å². The Bertz CT molecular complexity index is 1160. The molecule has 2 aliphatic heterocycles. The van der Waals surface area contributed by atoms with Crippen molar-refractivity contribution in [1.29, 1.82) is 0 Å². The van der Waals surface area contributed by atoms with Crippen LogP contribution in [0, 0.1) is 0 Å². The van der Waals surface area contributed by atoms with Crippen LogP contribution in [0.3, 0.4) is 0 Å². The van der Waals surface area contributed by atoms with Crippen molar-refractivity contribution in [1.82, 2.24) is 19.6 Å². The van der Waals surface area contributed by atoms with Gasteiger partial charge in [-0.25, -0.2) is 0 Å². The molecule has 8 heteroatoms. The molecule has 2 N–H and O–H groups in total. The third-order valence-corrected chi connectivity index (χ3v) is 8.27. The second kappa shape index (κ2) is 13.9. The Balaban J connectivity index is 1.50. The molecule has 4 rings (SSSR count). The van der Waals surface area contributed by atoms with Crippen LogP contribution >= 0.6 is 0 Å². The minimum atomic E-state index is -0.747. The Kier molecular flexibility index (Phi) is 10.4. The van der Waals surface area contributed by atoms with Gasteiger partial charge in [-0.2, -0.15) is 0 Å². The summed E-state index contributed by atoms with van der Waals surface area (Å²) in [7, 11) is 0. The van der Waals surface area contributed by atoms with Crippen LogP contribution in [0.4, 0.5) is 0 Å². The summed E-state index contributed by atoms with van der Waals surface area (Å²) in [5, 5.41) is 19.2. The summed E-state index contributed by atoms with van der Waals surface area (Å²) in [6.45, 7) is 14.8. The van der Waals surface area contributed by atoms with Gasteiger partial charge in [0.1, 0.15) is 5.75 Å². The van der Waals surface area contributed by atoms with E-state index < -0.39 is 5.97 Å². The molecule has 216 valence electrons. The number of phenols is 1. The van der Waals surface area contributed by atoms with Gasteiger partial charge in [-0.3, -0.25) is 24.3 Å². The molecule has 1 unspecified atom stereocenters. The number of hydrogen-bond acceptors (Lipinski definition) is 6. The van der Waals surface area contributed by atoms with E-state index in [4.69, 9.17) is 5.11 Å². The van der Waals surface area contributed by atoms with Crippen molar-refractivity contribution in [2.45, 2.75) is 51.2 Å². The van der Waals surface area contributed by atoms with Crippen LogP contribution in [0.1, 0.15) is 60.6 Å². The highest BCUT2D eigenvalue weighted by Gasteiger charge is 2.35. The highest BCUT2D eigenvalue weighted by molar-refractivity contribution is 5.94. The first-order valence-corrected chi connectivity index (χ1v) is 14.5. The maximum absolute atomic E-state index is 13.6. The second-order valence-electron chi connectivity index (χ2n) is 11.2. The van der Waals surface area contributed by atoms with Gasteiger partial charge >= 0.3 is 5.97 Å². The molecule has 0 radical (unpaired) electrons. The van der Waals surface area contributed by atoms with Crippen molar-refractivity contribution >= 4 is 11.9 Å². The Hall–Kier alpha value is -3.20. The number of unbranched alkanes of at least 4 members (excludes halogenated alkanes) is 1. The van der Waals surface area contributed by atoms with E-state index in [1.54, 1.807) is 6.07 Å². The van der Waals surface area contributed by atoms with Crippen molar-refractivity contribution < 1.29 is 19.8 Å². The molecule has 2 aromatic rings. The summed E-state index contributed by atoms with van der Waals surface area (Å²) in [5.41, 5.74) is 2.74. The number of phenolic OH excluding ortho intramolecular Hbond substituents is 1. The van der Waals surface area contributed by atoms with E-state index in [2.05, 4.69) is 47.3 Å². The van der Waals surface area contributed by atoms with Crippen LogP contribution < -0.4 is 0 Å². The van der Waals surface area contributed by atoms with Gasteiger partial charge in [0.15, 0.2) is 0 Å².